The van der Waals surface area contributed by atoms with Crippen molar-refractivity contribution in [3.63, 3.8) is 0 Å². The number of unbranched alkanes of at least 4 members (excludes halogenated alkanes) is 27. The Morgan fingerprint density at radius 2 is 1.04 bits per heavy atom. The van der Waals surface area contributed by atoms with Crippen molar-refractivity contribution >= 4 is 11.9 Å². The van der Waals surface area contributed by atoms with Crippen molar-refractivity contribution in [3.05, 3.63) is 24.3 Å². The molecule has 0 aromatic heterocycles. The summed E-state index contributed by atoms with van der Waals surface area (Å²) in [6.07, 6.45) is 35.3. The molecule has 334 valence electrons. The second kappa shape index (κ2) is 38.4. The van der Waals surface area contributed by atoms with Gasteiger partial charge in [0.05, 0.1) is 13.2 Å². The lowest BCUT2D eigenvalue weighted by Gasteiger charge is -2.39. The Morgan fingerprint density at radius 1 is 0.579 bits per heavy atom. The molecule has 0 saturated carbocycles. The number of aliphatic hydroxyl groups is 4. The Labute approximate surface area is 347 Å². The highest BCUT2D eigenvalue weighted by atomic mass is 16.7. The molecule has 1 rings (SSSR count). The highest BCUT2D eigenvalue weighted by Gasteiger charge is 2.44. The van der Waals surface area contributed by atoms with E-state index in [1.165, 1.54) is 154 Å². The van der Waals surface area contributed by atoms with E-state index in [-0.39, 0.29) is 19.6 Å². The standard InChI is InChI=1S/C47H86O10/c1-3-5-7-9-11-13-15-17-19-20-22-24-26-28-30-32-34-36-43(50)56-40(39-55-47-46(53)45(52)44(51)41(37-48)57-47)38-54-42(49)35-33-31-29-27-25-23-21-18-16-14-12-10-8-6-4-2/h29,31,33,35,40-41,44-48,51-53H,3-28,30,32,34,36-39H2,1-2H3/b31-29+,35-33+/t40-,41-,44+,45?,46?,47-/m1/s1. The Kier molecular flexibility index (Phi) is 35.8. The maximum absolute atomic E-state index is 12.8. The molecule has 0 radical (unpaired) electrons. The van der Waals surface area contributed by atoms with Crippen LogP contribution < -0.4 is 0 Å². The van der Waals surface area contributed by atoms with Gasteiger partial charge in [0, 0.05) is 12.5 Å². The monoisotopic (exact) mass is 811 g/mol. The molecule has 0 amide bonds. The summed E-state index contributed by atoms with van der Waals surface area (Å²) in [6.45, 7) is 3.33. The molecule has 0 spiro atoms. The topological polar surface area (TPSA) is 152 Å². The molecule has 57 heavy (non-hydrogen) atoms. The van der Waals surface area contributed by atoms with E-state index in [1.54, 1.807) is 6.08 Å². The van der Waals surface area contributed by atoms with Crippen LogP contribution in [0.5, 0.6) is 0 Å². The number of ether oxygens (including phenoxy) is 4. The largest absolute Gasteiger partial charge is 0.458 e. The minimum absolute atomic E-state index is 0.215. The summed E-state index contributed by atoms with van der Waals surface area (Å²) in [5.41, 5.74) is 0. The van der Waals surface area contributed by atoms with Gasteiger partial charge in [0.1, 0.15) is 31.0 Å². The Balaban J connectivity index is 2.35. The van der Waals surface area contributed by atoms with Crippen LogP contribution in [0.25, 0.3) is 0 Å². The Hall–Kier alpha value is -1.82. The van der Waals surface area contributed by atoms with E-state index in [9.17, 15) is 30.0 Å². The second-order valence-corrected chi connectivity index (χ2v) is 16.3. The quantitative estimate of drug-likeness (QED) is 0.0204. The first-order chi connectivity index (χ1) is 27.8. The van der Waals surface area contributed by atoms with Crippen molar-refractivity contribution < 1.29 is 49.0 Å². The molecule has 10 heteroatoms. The van der Waals surface area contributed by atoms with Gasteiger partial charge in [0.15, 0.2) is 12.4 Å². The van der Waals surface area contributed by atoms with Crippen molar-refractivity contribution in [2.75, 3.05) is 19.8 Å². The fourth-order valence-electron chi connectivity index (χ4n) is 7.22. The van der Waals surface area contributed by atoms with E-state index >= 15 is 0 Å². The van der Waals surface area contributed by atoms with Crippen molar-refractivity contribution in [3.8, 4) is 0 Å². The lowest BCUT2D eigenvalue weighted by molar-refractivity contribution is -0.305. The fraction of sp³-hybridized carbons (Fsp3) is 0.872. The molecule has 0 aromatic carbocycles. The van der Waals surface area contributed by atoms with Crippen LogP contribution in [-0.4, -0.2) is 89.0 Å². The molecular weight excluding hydrogens is 725 g/mol. The summed E-state index contributed by atoms with van der Waals surface area (Å²) in [6, 6.07) is 0. The minimum atomic E-state index is -1.60. The van der Waals surface area contributed by atoms with Gasteiger partial charge in [-0.3, -0.25) is 4.79 Å². The molecule has 0 aromatic rings. The van der Waals surface area contributed by atoms with Crippen molar-refractivity contribution in [1.82, 2.24) is 0 Å². The number of carbonyl (C=O) groups excluding carboxylic acids is 2. The van der Waals surface area contributed by atoms with Crippen LogP contribution in [0.1, 0.15) is 206 Å². The van der Waals surface area contributed by atoms with Gasteiger partial charge in [-0.2, -0.15) is 0 Å². The molecule has 0 aliphatic carbocycles. The molecule has 0 bridgehead atoms. The molecule has 1 fully saturated rings. The number of aliphatic hydroxyl groups excluding tert-OH is 4. The number of hydrogen-bond donors (Lipinski definition) is 4. The summed E-state index contributed by atoms with van der Waals surface area (Å²) in [4.78, 5) is 25.2. The van der Waals surface area contributed by atoms with Crippen LogP contribution in [0.3, 0.4) is 0 Å². The predicted molar refractivity (Wildman–Crippen MR) is 229 cm³/mol. The smallest absolute Gasteiger partial charge is 0.330 e. The highest BCUT2D eigenvalue weighted by Crippen LogP contribution is 2.23. The Morgan fingerprint density at radius 3 is 1.51 bits per heavy atom. The first-order valence-electron chi connectivity index (χ1n) is 23.5. The summed E-state index contributed by atoms with van der Waals surface area (Å²) in [7, 11) is 0. The van der Waals surface area contributed by atoms with Crippen molar-refractivity contribution in [2.45, 2.75) is 243 Å². The van der Waals surface area contributed by atoms with Gasteiger partial charge in [0.25, 0.3) is 0 Å². The molecule has 10 nitrogen and oxygen atoms in total. The SMILES string of the molecule is CCCCCCCCCCCCC/C=C/C=C/C(=O)OC[C@H](CO[C@@H]1O[C@H](CO)[C@H](O)C(O)C1O)OC(=O)CCCCCCCCCCCCCCCCCCC. The van der Waals surface area contributed by atoms with Gasteiger partial charge in [-0.25, -0.2) is 4.79 Å². The summed E-state index contributed by atoms with van der Waals surface area (Å²) >= 11 is 0. The van der Waals surface area contributed by atoms with Crippen LogP contribution in [0.2, 0.25) is 0 Å². The molecule has 1 aliphatic rings. The number of hydrogen-bond acceptors (Lipinski definition) is 10. The van der Waals surface area contributed by atoms with Crippen LogP contribution in [0.15, 0.2) is 24.3 Å². The van der Waals surface area contributed by atoms with Gasteiger partial charge < -0.3 is 39.4 Å². The zero-order valence-electron chi connectivity index (χ0n) is 36.3. The number of rotatable bonds is 39. The maximum Gasteiger partial charge on any atom is 0.330 e. The van der Waals surface area contributed by atoms with E-state index in [4.69, 9.17) is 18.9 Å². The summed E-state index contributed by atoms with van der Waals surface area (Å²) in [5.74, 6) is -1.05. The Bertz CT molecular complexity index is 985. The average Bonchev–Trinajstić information content (AvgIpc) is 3.21. The van der Waals surface area contributed by atoms with E-state index in [1.807, 2.05) is 12.2 Å². The fourth-order valence-corrected chi connectivity index (χ4v) is 7.22. The zero-order chi connectivity index (χ0) is 41.6. The first kappa shape index (κ1) is 53.2. The molecule has 6 atom stereocenters. The third kappa shape index (κ3) is 30.0. The molecule has 1 saturated heterocycles. The normalized spacial score (nSPS) is 20.4. The third-order valence-electron chi connectivity index (χ3n) is 10.9. The van der Waals surface area contributed by atoms with E-state index in [0.29, 0.717) is 6.42 Å². The summed E-state index contributed by atoms with van der Waals surface area (Å²) < 4.78 is 22.0. The zero-order valence-corrected chi connectivity index (χ0v) is 36.3. The lowest BCUT2D eigenvalue weighted by atomic mass is 9.99. The molecule has 4 N–H and O–H groups in total. The van der Waals surface area contributed by atoms with Gasteiger partial charge in [-0.15, -0.1) is 0 Å². The molecule has 1 aliphatic heterocycles. The number of carbonyl (C=O) groups is 2. The van der Waals surface area contributed by atoms with Crippen LogP contribution in [0, 0.1) is 0 Å². The van der Waals surface area contributed by atoms with Crippen LogP contribution in [-0.2, 0) is 28.5 Å². The van der Waals surface area contributed by atoms with Crippen LogP contribution in [0.4, 0.5) is 0 Å². The maximum atomic E-state index is 12.8. The van der Waals surface area contributed by atoms with Gasteiger partial charge in [-0.05, 0) is 19.3 Å². The first-order valence-corrected chi connectivity index (χ1v) is 23.5. The molecule has 1 heterocycles. The van der Waals surface area contributed by atoms with E-state index < -0.39 is 55.4 Å². The number of allylic oxidation sites excluding steroid dienone is 3. The average molecular weight is 811 g/mol. The summed E-state index contributed by atoms with van der Waals surface area (Å²) in [5, 5.41) is 40.1. The van der Waals surface area contributed by atoms with Crippen molar-refractivity contribution in [1.29, 1.82) is 0 Å². The van der Waals surface area contributed by atoms with Crippen molar-refractivity contribution in [2.24, 2.45) is 0 Å². The van der Waals surface area contributed by atoms with Crippen LogP contribution >= 0.6 is 0 Å². The van der Waals surface area contributed by atoms with Gasteiger partial charge >= 0.3 is 11.9 Å². The predicted octanol–water partition coefficient (Wildman–Crippen LogP) is 10.1. The second-order valence-electron chi connectivity index (χ2n) is 16.3. The van der Waals surface area contributed by atoms with Gasteiger partial charge in [0.2, 0.25) is 0 Å². The molecular formula is C47H86O10. The highest BCUT2D eigenvalue weighted by molar-refractivity contribution is 5.82. The lowest BCUT2D eigenvalue weighted by Crippen LogP contribution is -2.59. The minimum Gasteiger partial charge on any atom is -0.458 e. The van der Waals surface area contributed by atoms with E-state index in [2.05, 4.69) is 13.8 Å². The van der Waals surface area contributed by atoms with Gasteiger partial charge in [-0.1, -0.05) is 199 Å². The number of esters is 2. The third-order valence-corrected chi connectivity index (χ3v) is 10.9. The molecule has 2 unspecified atom stereocenters. The van der Waals surface area contributed by atoms with E-state index in [0.717, 1.165) is 32.1 Å².